The molecule has 0 amide bonds. The van der Waals surface area contributed by atoms with Crippen LogP contribution in [0, 0.1) is 5.92 Å². The molecule has 1 aromatic heterocycles. The summed E-state index contributed by atoms with van der Waals surface area (Å²) in [6, 6.07) is 10.2. The summed E-state index contributed by atoms with van der Waals surface area (Å²) in [4.78, 5) is 16.7. The van der Waals surface area contributed by atoms with E-state index in [4.69, 9.17) is 4.74 Å². The number of nitrogens with zero attached hydrogens (tertiary/aromatic N) is 1. The lowest BCUT2D eigenvalue weighted by Crippen LogP contribution is -2.23. The van der Waals surface area contributed by atoms with Crippen LogP contribution in [-0.4, -0.2) is 17.9 Å². The highest BCUT2D eigenvalue weighted by Crippen LogP contribution is 2.28. The molecule has 0 saturated heterocycles. The van der Waals surface area contributed by atoms with Crippen molar-refractivity contribution in [1.82, 2.24) is 4.98 Å². The number of methoxy groups -OCH3 is 1. The van der Waals surface area contributed by atoms with E-state index in [0.29, 0.717) is 11.3 Å². The number of carbonyl (C=O) groups is 1. The van der Waals surface area contributed by atoms with Gasteiger partial charge in [0.1, 0.15) is 5.75 Å². The van der Waals surface area contributed by atoms with Crippen LogP contribution in [0.25, 0.3) is 0 Å². The Morgan fingerprint density at radius 2 is 2.05 bits per heavy atom. The van der Waals surface area contributed by atoms with E-state index in [-0.39, 0.29) is 11.7 Å². The third-order valence-electron chi connectivity index (χ3n) is 3.95. The number of Topliss-reactive ketones (excluding diaryl/α,β-unsaturated/α-hetero) is 1. The second-order valence-electron chi connectivity index (χ2n) is 5.19. The van der Waals surface area contributed by atoms with Crippen molar-refractivity contribution in [2.45, 2.75) is 19.3 Å². The molecule has 2 aromatic rings. The van der Waals surface area contributed by atoms with Crippen molar-refractivity contribution >= 4 is 5.78 Å². The maximum Gasteiger partial charge on any atom is 0.167 e. The van der Waals surface area contributed by atoms with Gasteiger partial charge in [-0.25, -0.2) is 0 Å². The molecule has 102 valence electrons. The Labute approximate surface area is 118 Å². The number of ether oxygens (including phenoxy) is 1. The van der Waals surface area contributed by atoms with Crippen LogP contribution in [0.3, 0.4) is 0 Å². The number of pyridine rings is 1. The number of fused-ring (bicyclic) bond motifs is 1. The third kappa shape index (κ3) is 2.44. The molecule has 1 unspecified atom stereocenters. The smallest absolute Gasteiger partial charge is 0.167 e. The van der Waals surface area contributed by atoms with Gasteiger partial charge in [-0.3, -0.25) is 9.78 Å². The summed E-state index contributed by atoms with van der Waals surface area (Å²) in [5.41, 5.74) is 3.32. The van der Waals surface area contributed by atoms with Gasteiger partial charge in [-0.15, -0.1) is 0 Å². The predicted molar refractivity (Wildman–Crippen MR) is 77.1 cm³/mol. The molecule has 0 spiro atoms. The third-order valence-corrected chi connectivity index (χ3v) is 3.95. The maximum atomic E-state index is 12.6. The summed E-state index contributed by atoms with van der Waals surface area (Å²) in [5, 5.41) is 0. The molecule has 1 aliphatic carbocycles. The van der Waals surface area contributed by atoms with Crippen LogP contribution in [0.2, 0.25) is 0 Å². The van der Waals surface area contributed by atoms with Crippen LogP contribution in [-0.2, 0) is 12.8 Å². The lowest BCUT2D eigenvalue weighted by Gasteiger charge is -2.23. The van der Waals surface area contributed by atoms with E-state index in [0.717, 1.165) is 19.3 Å². The van der Waals surface area contributed by atoms with Crippen molar-refractivity contribution in [2.24, 2.45) is 5.92 Å². The molecule has 3 heteroatoms. The second kappa shape index (κ2) is 5.45. The molecule has 3 nitrogen and oxygen atoms in total. The maximum absolute atomic E-state index is 12.6. The number of hydrogen-bond acceptors (Lipinski definition) is 3. The molecular weight excluding hydrogens is 250 g/mol. The first-order valence-corrected chi connectivity index (χ1v) is 6.88. The minimum absolute atomic E-state index is 0.0545. The van der Waals surface area contributed by atoms with E-state index in [2.05, 4.69) is 23.2 Å². The molecule has 0 N–H and O–H groups in total. The Balaban J connectivity index is 1.82. The summed E-state index contributed by atoms with van der Waals surface area (Å²) in [6.07, 6.45) is 5.96. The fourth-order valence-electron chi connectivity index (χ4n) is 2.82. The van der Waals surface area contributed by atoms with Crippen LogP contribution >= 0.6 is 0 Å². The molecule has 20 heavy (non-hydrogen) atoms. The van der Waals surface area contributed by atoms with Crippen molar-refractivity contribution in [3.63, 3.8) is 0 Å². The predicted octanol–water partition coefficient (Wildman–Crippen LogP) is 3.08. The van der Waals surface area contributed by atoms with Crippen molar-refractivity contribution < 1.29 is 9.53 Å². The van der Waals surface area contributed by atoms with Crippen LogP contribution in [0.15, 0.2) is 42.7 Å². The number of ketones is 1. The number of aryl methyl sites for hydroxylation is 1. The zero-order chi connectivity index (χ0) is 13.9. The first-order valence-electron chi connectivity index (χ1n) is 6.88. The number of benzene rings is 1. The summed E-state index contributed by atoms with van der Waals surface area (Å²) >= 11 is 0. The van der Waals surface area contributed by atoms with E-state index in [1.807, 2.05) is 6.07 Å². The minimum atomic E-state index is 0.0545. The van der Waals surface area contributed by atoms with Gasteiger partial charge in [0.05, 0.1) is 13.3 Å². The summed E-state index contributed by atoms with van der Waals surface area (Å²) < 4.78 is 5.13. The molecule has 0 bridgehead atoms. The van der Waals surface area contributed by atoms with Gasteiger partial charge in [-0.2, -0.15) is 0 Å². The Morgan fingerprint density at radius 1 is 1.25 bits per heavy atom. The zero-order valence-corrected chi connectivity index (χ0v) is 11.5. The highest BCUT2D eigenvalue weighted by atomic mass is 16.5. The first-order chi connectivity index (χ1) is 9.78. The fraction of sp³-hybridized carbons (Fsp3) is 0.294. The van der Waals surface area contributed by atoms with Crippen molar-refractivity contribution in [1.29, 1.82) is 0 Å². The topological polar surface area (TPSA) is 39.2 Å². The number of aromatic nitrogens is 1. The molecule has 0 aliphatic heterocycles. The molecule has 1 atom stereocenters. The molecule has 0 saturated carbocycles. The second-order valence-corrected chi connectivity index (χ2v) is 5.19. The molecular formula is C17H17NO2. The Bertz CT molecular complexity index is 636. The van der Waals surface area contributed by atoms with E-state index >= 15 is 0 Å². The average Bonchev–Trinajstić information content (AvgIpc) is 2.53. The highest BCUT2D eigenvalue weighted by Gasteiger charge is 2.25. The van der Waals surface area contributed by atoms with Crippen molar-refractivity contribution in [3.8, 4) is 5.75 Å². The number of hydrogen-bond donors (Lipinski definition) is 0. The minimum Gasteiger partial charge on any atom is -0.495 e. The van der Waals surface area contributed by atoms with Gasteiger partial charge in [0.2, 0.25) is 0 Å². The van der Waals surface area contributed by atoms with E-state index in [1.165, 1.54) is 11.1 Å². The standard InChI is InChI=1S/C17H17NO2/c1-20-16-9-15(10-18-11-16)17(19)14-7-6-12-4-2-3-5-13(12)8-14/h2-5,9-11,14H,6-8H2,1H3. The Hall–Kier alpha value is -2.16. The zero-order valence-electron chi connectivity index (χ0n) is 11.5. The van der Waals surface area contributed by atoms with Crippen molar-refractivity contribution in [3.05, 3.63) is 59.4 Å². The molecule has 0 radical (unpaired) electrons. The van der Waals surface area contributed by atoms with Gasteiger partial charge < -0.3 is 4.74 Å². The van der Waals surface area contributed by atoms with E-state index < -0.39 is 0 Å². The highest BCUT2D eigenvalue weighted by molar-refractivity contribution is 5.98. The molecule has 0 fully saturated rings. The first kappa shape index (κ1) is 12.9. The average molecular weight is 267 g/mol. The molecule has 3 rings (SSSR count). The van der Waals surface area contributed by atoms with E-state index in [9.17, 15) is 4.79 Å². The van der Waals surface area contributed by atoms with Crippen LogP contribution < -0.4 is 4.74 Å². The Kier molecular flexibility index (Phi) is 3.50. The van der Waals surface area contributed by atoms with E-state index in [1.54, 1.807) is 25.6 Å². The van der Waals surface area contributed by atoms with Gasteiger partial charge >= 0.3 is 0 Å². The van der Waals surface area contributed by atoms with Crippen molar-refractivity contribution in [2.75, 3.05) is 7.11 Å². The van der Waals surface area contributed by atoms with Gasteiger partial charge in [-0.1, -0.05) is 24.3 Å². The normalized spacial score (nSPS) is 17.4. The quantitative estimate of drug-likeness (QED) is 0.802. The van der Waals surface area contributed by atoms with Crippen LogP contribution in [0.5, 0.6) is 5.75 Å². The molecule has 1 heterocycles. The number of rotatable bonds is 3. The van der Waals surface area contributed by atoms with Crippen LogP contribution in [0.1, 0.15) is 27.9 Å². The summed E-state index contributed by atoms with van der Waals surface area (Å²) in [5.74, 6) is 0.858. The van der Waals surface area contributed by atoms with Gasteiger partial charge in [0, 0.05) is 17.7 Å². The Morgan fingerprint density at radius 3 is 2.85 bits per heavy atom. The van der Waals surface area contributed by atoms with Gasteiger partial charge in [0.25, 0.3) is 0 Å². The SMILES string of the molecule is COc1cncc(C(=O)C2CCc3ccccc3C2)c1. The van der Waals surface area contributed by atoms with Gasteiger partial charge in [0.15, 0.2) is 5.78 Å². The molecule has 1 aliphatic rings. The monoisotopic (exact) mass is 267 g/mol. The fourth-order valence-corrected chi connectivity index (χ4v) is 2.82. The van der Waals surface area contributed by atoms with Gasteiger partial charge in [-0.05, 0) is 36.5 Å². The largest absolute Gasteiger partial charge is 0.495 e. The lowest BCUT2D eigenvalue weighted by atomic mass is 9.80. The molecule has 1 aromatic carbocycles. The number of carbonyl (C=O) groups excluding carboxylic acids is 1. The summed E-state index contributed by atoms with van der Waals surface area (Å²) in [7, 11) is 1.59. The van der Waals surface area contributed by atoms with Crippen LogP contribution in [0.4, 0.5) is 0 Å². The lowest BCUT2D eigenvalue weighted by molar-refractivity contribution is 0.0908. The summed E-state index contributed by atoms with van der Waals surface area (Å²) in [6.45, 7) is 0.